The number of halogens is 1. The molecule has 0 amide bonds. The van der Waals surface area contributed by atoms with Crippen LogP contribution in [0.15, 0.2) is 6.33 Å². The molecule has 1 heterocycles. The van der Waals surface area contributed by atoms with Gasteiger partial charge in [-0.3, -0.25) is 0 Å². The van der Waals surface area contributed by atoms with E-state index < -0.39 is 0 Å². The molecule has 5 heteroatoms. The Kier molecular flexibility index (Phi) is 2.15. The van der Waals surface area contributed by atoms with Crippen molar-refractivity contribution in [2.24, 2.45) is 0 Å². The van der Waals surface area contributed by atoms with Gasteiger partial charge in [-0.15, -0.1) is 5.10 Å². The molecule has 0 fully saturated rings. The summed E-state index contributed by atoms with van der Waals surface area (Å²) in [5.41, 5.74) is 5.10. The summed E-state index contributed by atoms with van der Waals surface area (Å²) in [6.45, 7) is 0. The van der Waals surface area contributed by atoms with Gasteiger partial charge in [0.05, 0.1) is 0 Å². The molecule has 0 unspecified atom stereocenters. The molecule has 0 bridgehead atoms. The Bertz CT molecular complexity index is 113. The van der Waals surface area contributed by atoms with Crippen molar-refractivity contribution in [3.05, 3.63) is 6.33 Å². The van der Waals surface area contributed by atoms with Crippen LogP contribution in [0.3, 0.4) is 0 Å². The Morgan fingerprint density at radius 2 is 2.57 bits per heavy atom. The van der Waals surface area contributed by atoms with Crippen LogP contribution in [0.25, 0.3) is 0 Å². The number of hydrogen-bond acceptors (Lipinski definition) is 2. The lowest BCUT2D eigenvalue weighted by molar-refractivity contribution is -0.360. The fourth-order valence-corrected chi connectivity index (χ4v) is 0.236. The maximum Gasteiger partial charge on any atom is 0.337 e. The zero-order valence-corrected chi connectivity index (χ0v) is 4.24. The van der Waals surface area contributed by atoms with Gasteiger partial charge in [-0.05, 0) is 5.10 Å². The van der Waals surface area contributed by atoms with Crippen molar-refractivity contribution in [3.63, 3.8) is 0 Å². The van der Waals surface area contributed by atoms with Crippen molar-refractivity contribution >= 4 is 5.95 Å². The molecular formula is C2H5ClN4. The number of aromatic nitrogens is 3. The molecule has 0 aliphatic rings. The highest BCUT2D eigenvalue weighted by Crippen LogP contribution is 1.67. The first-order valence-corrected chi connectivity index (χ1v) is 1.56. The zero-order chi connectivity index (χ0) is 4.41. The van der Waals surface area contributed by atoms with Gasteiger partial charge in [0.15, 0.2) is 0 Å². The second-order valence-corrected chi connectivity index (χ2v) is 0.928. The van der Waals surface area contributed by atoms with Crippen LogP contribution in [0, 0.1) is 0 Å². The molecule has 4 nitrogen and oxygen atoms in total. The Morgan fingerprint density at radius 1 is 1.86 bits per heavy atom. The molecule has 0 aliphatic carbocycles. The van der Waals surface area contributed by atoms with E-state index >= 15 is 0 Å². The van der Waals surface area contributed by atoms with Crippen molar-refractivity contribution in [1.82, 2.24) is 10.2 Å². The molecule has 40 valence electrons. The molecule has 0 atom stereocenters. The molecule has 0 aliphatic heterocycles. The number of H-pyrrole nitrogens is 2. The lowest BCUT2D eigenvalue weighted by Crippen LogP contribution is -3.00. The van der Waals surface area contributed by atoms with E-state index in [0.717, 1.165) is 0 Å². The third-order valence-electron chi connectivity index (χ3n) is 0.470. The molecule has 0 saturated carbocycles. The number of nitrogen functional groups attached to an aromatic ring is 1. The van der Waals surface area contributed by atoms with Gasteiger partial charge < -0.3 is 18.1 Å². The molecule has 0 saturated heterocycles. The molecular weight excluding hydrogens is 116 g/mol. The van der Waals surface area contributed by atoms with E-state index in [1.165, 1.54) is 6.33 Å². The molecule has 4 N–H and O–H groups in total. The van der Waals surface area contributed by atoms with Crippen LogP contribution >= 0.6 is 0 Å². The van der Waals surface area contributed by atoms with Gasteiger partial charge in [-0.25, -0.2) is 4.98 Å². The highest BCUT2D eigenvalue weighted by atomic mass is 35.5. The third-order valence-corrected chi connectivity index (χ3v) is 0.470. The number of nitrogens with two attached hydrogens (primary N) is 1. The van der Waals surface area contributed by atoms with Gasteiger partial charge in [0.1, 0.15) is 0 Å². The summed E-state index contributed by atoms with van der Waals surface area (Å²) in [5, 5.41) is 5.99. The topological polar surface area (TPSA) is 68.8 Å². The van der Waals surface area contributed by atoms with Gasteiger partial charge in [-0.1, -0.05) is 0 Å². The summed E-state index contributed by atoms with van der Waals surface area (Å²) < 4.78 is 0. The molecule has 0 radical (unpaired) electrons. The fraction of sp³-hybridized carbons (Fsp3) is 0. The van der Waals surface area contributed by atoms with E-state index in [9.17, 15) is 0 Å². The predicted octanol–water partition coefficient (Wildman–Crippen LogP) is -4.19. The van der Waals surface area contributed by atoms with Crippen LogP contribution in [-0.4, -0.2) is 10.2 Å². The first-order valence-electron chi connectivity index (χ1n) is 1.56. The SMILES string of the molecule is Nc1[nH]nc[nH+]1.[Cl-]. The van der Waals surface area contributed by atoms with Crippen molar-refractivity contribution in [2.75, 3.05) is 5.73 Å². The standard InChI is InChI=1S/C2H4N4.ClH/c3-2-4-1-5-6-2;/h1H,(H3,3,4,5,6);1H. The van der Waals surface area contributed by atoms with E-state index in [1.54, 1.807) is 0 Å². The number of aromatic amines is 2. The smallest absolute Gasteiger partial charge is 0.337 e. The summed E-state index contributed by atoms with van der Waals surface area (Å²) >= 11 is 0. The van der Waals surface area contributed by atoms with Gasteiger partial charge in [0, 0.05) is 0 Å². The Morgan fingerprint density at radius 3 is 2.71 bits per heavy atom. The second-order valence-electron chi connectivity index (χ2n) is 0.928. The van der Waals surface area contributed by atoms with E-state index in [4.69, 9.17) is 5.73 Å². The monoisotopic (exact) mass is 120 g/mol. The Hall–Kier alpha value is -0.770. The lowest BCUT2D eigenvalue weighted by atomic mass is 11.1. The first-order chi connectivity index (χ1) is 2.89. The highest BCUT2D eigenvalue weighted by Gasteiger charge is 1.84. The van der Waals surface area contributed by atoms with Crippen molar-refractivity contribution in [3.8, 4) is 0 Å². The van der Waals surface area contributed by atoms with E-state index in [2.05, 4.69) is 15.2 Å². The van der Waals surface area contributed by atoms with Crippen LogP contribution in [-0.2, 0) is 0 Å². The van der Waals surface area contributed by atoms with Crippen LogP contribution in [0.1, 0.15) is 0 Å². The van der Waals surface area contributed by atoms with Crippen LogP contribution < -0.4 is 23.1 Å². The number of nitrogens with zero attached hydrogens (tertiary/aromatic N) is 1. The first kappa shape index (κ1) is 6.23. The summed E-state index contributed by atoms with van der Waals surface area (Å²) in [6, 6.07) is 0. The molecule has 1 aromatic rings. The maximum absolute atomic E-state index is 5.10. The fourth-order valence-electron chi connectivity index (χ4n) is 0.236. The number of rotatable bonds is 0. The van der Waals surface area contributed by atoms with E-state index in [1.807, 2.05) is 0 Å². The Balaban J connectivity index is 0.000000360. The maximum atomic E-state index is 5.10. The average molecular weight is 121 g/mol. The summed E-state index contributed by atoms with van der Waals surface area (Å²) in [4.78, 5) is 2.61. The van der Waals surface area contributed by atoms with Crippen molar-refractivity contribution in [1.29, 1.82) is 0 Å². The molecule has 1 aromatic heterocycles. The van der Waals surface area contributed by atoms with Gasteiger partial charge in [0.2, 0.25) is 6.33 Å². The van der Waals surface area contributed by atoms with E-state index in [0.29, 0.717) is 5.95 Å². The van der Waals surface area contributed by atoms with E-state index in [-0.39, 0.29) is 12.4 Å². The van der Waals surface area contributed by atoms with Crippen LogP contribution in [0.5, 0.6) is 0 Å². The summed E-state index contributed by atoms with van der Waals surface area (Å²) in [6.07, 6.45) is 1.48. The average Bonchev–Trinajstić information content (AvgIpc) is 1.86. The summed E-state index contributed by atoms with van der Waals surface area (Å²) in [5.74, 6) is 0.481. The second kappa shape index (κ2) is 2.41. The minimum atomic E-state index is 0. The summed E-state index contributed by atoms with van der Waals surface area (Å²) in [7, 11) is 0. The van der Waals surface area contributed by atoms with Crippen LogP contribution in [0.2, 0.25) is 0 Å². The van der Waals surface area contributed by atoms with Crippen molar-refractivity contribution in [2.45, 2.75) is 0 Å². The molecule has 0 aromatic carbocycles. The third kappa shape index (κ3) is 1.41. The minimum Gasteiger partial charge on any atom is -1.00 e. The van der Waals surface area contributed by atoms with Crippen LogP contribution in [0.4, 0.5) is 5.95 Å². The van der Waals surface area contributed by atoms with Crippen molar-refractivity contribution < 1.29 is 17.4 Å². The minimum absolute atomic E-state index is 0. The van der Waals surface area contributed by atoms with Gasteiger partial charge in [-0.2, -0.15) is 0 Å². The number of nitrogens with one attached hydrogen (secondary N) is 2. The molecule has 0 spiro atoms. The zero-order valence-electron chi connectivity index (χ0n) is 3.48. The quantitative estimate of drug-likeness (QED) is 0.365. The molecule has 7 heavy (non-hydrogen) atoms. The van der Waals surface area contributed by atoms with Gasteiger partial charge in [0.25, 0.3) is 0 Å². The largest absolute Gasteiger partial charge is 1.00 e. The van der Waals surface area contributed by atoms with Gasteiger partial charge >= 0.3 is 5.95 Å². The Labute approximate surface area is 46.5 Å². The lowest BCUT2D eigenvalue weighted by Gasteiger charge is -1.60. The number of hydrogen-bond donors (Lipinski definition) is 2. The highest BCUT2D eigenvalue weighted by molar-refractivity contribution is 4.97. The predicted molar refractivity (Wildman–Crippen MR) is 19.6 cm³/mol. The number of anilines is 1. The molecule has 1 rings (SSSR count). The normalized spacial score (nSPS) is 7.43.